The number of rotatable bonds is 6. The van der Waals surface area contributed by atoms with E-state index in [1.54, 1.807) is 7.11 Å². The molecule has 0 saturated heterocycles. The van der Waals surface area contributed by atoms with Crippen LogP contribution in [0.2, 0.25) is 0 Å². The number of hydrogen-bond acceptors (Lipinski definition) is 4. The molecule has 1 aromatic heterocycles. The maximum absolute atomic E-state index is 5.56. The van der Waals surface area contributed by atoms with Crippen molar-refractivity contribution in [1.82, 2.24) is 15.1 Å². The number of nitrogens with one attached hydrogen (secondary N) is 1. The van der Waals surface area contributed by atoms with Crippen LogP contribution in [-0.2, 0) is 6.54 Å². The fourth-order valence-electron chi connectivity index (χ4n) is 2.05. The van der Waals surface area contributed by atoms with Crippen molar-refractivity contribution in [3.8, 4) is 17.0 Å². The van der Waals surface area contributed by atoms with Crippen molar-refractivity contribution in [3.63, 3.8) is 0 Å². The van der Waals surface area contributed by atoms with Crippen LogP contribution in [0.3, 0.4) is 0 Å². The maximum Gasteiger partial charge on any atom is 0.119 e. The van der Waals surface area contributed by atoms with Crippen LogP contribution in [0, 0.1) is 0 Å². The molecule has 0 atom stereocenters. The number of aromatic amines is 1. The SMILES string of the molecule is COc1cccc(-c2n[nH]cc2CN(C)CCN)c1. The van der Waals surface area contributed by atoms with Crippen LogP contribution in [-0.4, -0.2) is 42.3 Å². The number of aromatic nitrogens is 2. The Morgan fingerprint density at radius 2 is 2.26 bits per heavy atom. The van der Waals surface area contributed by atoms with Crippen LogP contribution < -0.4 is 10.5 Å². The standard InChI is InChI=1S/C14H20N4O/c1-18(7-6-15)10-12-9-16-17-14(12)11-4-3-5-13(8-11)19-2/h3-5,8-9H,6-7,10,15H2,1-2H3,(H,16,17). The summed E-state index contributed by atoms with van der Waals surface area (Å²) in [6, 6.07) is 7.92. The van der Waals surface area contributed by atoms with Gasteiger partial charge < -0.3 is 15.4 Å². The maximum atomic E-state index is 5.56. The van der Waals surface area contributed by atoms with Crippen molar-refractivity contribution in [3.05, 3.63) is 36.0 Å². The largest absolute Gasteiger partial charge is 0.497 e. The molecule has 19 heavy (non-hydrogen) atoms. The third kappa shape index (κ3) is 3.33. The Bertz CT molecular complexity index is 524. The van der Waals surface area contributed by atoms with Gasteiger partial charge in [-0.15, -0.1) is 0 Å². The van der Waals surface area contributed by atoms with Crippen molar-refractivity contribution in [2.45, 2.75) is 6.54 Å². The number of H-pyrrole nitrogens is 1. The molecule has 0 aliphatic carbocycles. The summed E-state index contributed by atoms with van der Waals surface area (Å²) in [5, 5.41) is 7.27. The van der Waals surface area contributed by atoms with E-state index < -0.39 is 0 Å². The minimum Gasteiger partial charge on any atom is -0.497 e. The molecule has 0 radical (unpaired) electrons. The fraction of sp³-hybridized carbons (Fsp3) is 0.357. The molecule has 0 unspecified atom stereocenters. The summed E-state index contributed by atoms with van der Waals surface area (Å²) in [6.07, 6.45) is 1.93. The molecule has 5 heteroatoms. The fourth-order valence-corrected chi connectivity index (χ4v) is 2.05. The number of nitrogens with two attached hydrogens (primary N) is 1. The first-order chi connectivity index (χ1) is 9.24. The van der Waals surface area contributed by atoms with Gasteiger partial charge in [0, 0.05) is 37.0 Å². The van der Waals surface area contributed by atoms with Gasteiger partial charge in [0.15, 0.2) is 0 Å². The molecule has 2 rings (SSSR count). The first kappa shape index (κ1) is 13.6. The van der Waals surface area contributed by atoms with Crippen molar-refractivity contribution >= 4 is 0 Å². The van der Waals surface area contributed by atoms with E-state index in [-0.39, 0.29) is 0 Å². The molecule has 0 bridgehead atoms. The number of nitrogens with zero attached hydrogens (tertiary/aromatic N) is 2. The molecule has 1 heterocycles. The first-order valence-corrected chi connectivity index (χ1v) is 6.30. The van der Waals surface area contributed by atoms with E-state index in [9.17, 15) is 0 Å². The molecule has 102 valence electrons. The Balaban J connectivity index is 2.23. The van der Waals surface area contributed by atoms with E-state index in [0.717, 1.165) is 35.7 Å². The minimum atomic E-state index is 0.656. The topological polar surface area (TPSA) is 67.2 Å². The highest BCUT2D eigenvalue weighted by atomic mass is 16.5. The molecule has 0 fully saturated rings. The van der Waals surface area contributed by atoms with Gasteiger partial charge in [-0.05, 0) is 19.2 Å². The average Bonchev–Trinajstić information content (AvgIpc) is 2.87. The second kappa shape index (κ2) is 6.36. The van der Waals surface area contributed by atoms with Crippen molar-refractivity contribution in [2.24, 2.45) is 5.73 Å². The third-order valence-corrected chi connectivity index (χ3v) is 3.01. The summed E-state index contributed by atoms with van der Waals surface area (Å²) < 4.78 is 5.25. The molecular formula is C14H20N4O. The lowest BCUT2D eigenvalue weighted by molar-refractivity contribution is 0.337. The van der Waals surface area contributed by atoms with E-state index >= 15 is 0 Å². The Hall–Kier alpha value is -1.85. The Labute approximate surface area is 113 Å². The smallest absolute Gasteiger partial charge is 0.119 e. The van der Waals surface area contributed by atoms with Gasteiger partial charge in [0.25, 0.3) is 0 Å². The molecule has 1 aromatic carbocycles. The zero-order valence-electron chi connectivity index (χ0n) is 11.4. The van der Waals surface area contributed by atoms with Gasteiger partial charge in [-0.25, -0.2) is 0 Å². The van der Waals surface area contributed by atoms with Gasteiger partial charge >= 0.3 is 0 Å². The number of hydrogen-bond donors (Lipinski definition) is 2. The molecule has 3 N–H and O–H groups in total. The Morgan fingerprint density at radius 1 is 1.42 bits per heavy atom. The van der Waals surface area contributed by atoms with Crippen LogP contribution in [0.4, 0.5) is 0 Å². The number of methoxy groups -OCH3 is 1. The third-order valence-electron chi connectivity index (χ3n) is 3.01. The van der Waals surface area contributed by atoms with Crippen molar-refractivity contribution < 1.29 is 4.74 Å². The Kier molecular flexibility index (Phi) is 4.54. The van der Waals surface area contributed by atoms with E-state index in [0.29, 0.717) is 6.54 Å². The lowest BCUT2D eigenvalue weighted by Gasteiger charge is -2.15. The van der Waals surface area contributed by atoms with Gasteiger partial charge in [-0.2, -0.15) is 5.10 Å². The van der Waals surface area contributed by atoms with E-state index in [1.807, 2.05) is 30.5 Å². The van der Waals surface area contributed by atoms with Crippen LogP contribution in [0.1, 0.15) is 5.56 Å². The van der Waals surface area contributed by atoms with Crippen LogP contribution in [0.5, 0.6) is 5.75 Å². The van der Waals surface area contributed by atoms with Gasteiger partial charge in [0.2, 0.25) is 0 Å². The predicted octanol–water partition coefficient (Wildman–Crippen LogP) is 1.48. The van der Waals surface area contributed by atoms with Gasteiger partial charge in [0.05, 0.1) is 12.8 Å². The summed E-state index contributed by atoms with van der Waals surface area (Å²) in [5.74, 6) is 0.835. The number of ether oxygens (including phenoxy) is 1. The summed E-state index contributed by atoms with van der Waals surface area (Å²) in [6.45, 7) is 2.34. The lowest BCUT2D eigenvalue weighted by Crippen LogP contribution is -2.25. The van der Waals surface area contributed by atoms with Gasteiger partial charge in [-0.3, -0.25) is 5.10 Å². The van der Waals surface area contributed by atoms with E-state index in [1.165, 1.54) is 0 Å². The van der Waals surface area contributed by atoms with E-state index in [4.69, 9.17) is 10.5 Å². The van der Waals surface area contributed by atoms with Crippen LogP contribution in [0.25, 0.3) is 11.3 Å². The molecule has 2 aromatic rings. The number of benzene rings is 1. The quantitative estimate of drug-likeness (QED) is 0.825. The monoisotopic (exact) mass is 260 g/mol. The highest BCUT2D eigenvalue weighted by Crippen LogP contribution is 2.25. The summed E-state index contributed by atoms with van der Waals surface area (Å²) in [4.78, 5) is 2.18. The minimum absolute atomic E-state index is 0.656. The highest BCUT2D eigenvalue weighted by Gasteiger charge is 2.10. The molecule has 0 saturated carbocycles. The van der Waals surface area contributed by atoms with Gasteiger partial charge in [-0.1, -0.05) is 12.1 Å². The molecular weight excluding hydrogens is 240 g/mol. The Morgan fingerprint density at radius 3 is 3.00 bits per heavy atom. The molecule has 5 nitrogen and oxygen atoms in total. The lowest BCUT2D eigenvalue weighted by atomic mass is 10.1. The second-order valence-corrected chi connectivity index (χ2v) is 4.52. The summed E-state index contributed by atoms with van der Waals surface area (Å²) >= 11 is 0. The summed E-state index contributed by atoms with van der Waals surface area (Å²) in [7, 11) is 3.72. The zero-order valence-corrected chi connectivity index (χ0v) is 11.4. The summed E-state index contributed by atoms with van der Waals surface area (Å²) in [5.41, 5.74) is 8.73. The van der Waals surface area contributed by atoms with Crippen LogP contribution in [0.15, 0.2) is 30.5 Å². The van der Waals surface area contributed by atoms with Crippen molar-refractivity contribution in [1.29, 1.82) is 0 Å². The molecule has 0 spiro atoms. The highest BCUT2D eigenvalue weighted by molar-refractivity contribution is 5.64. The molecule has 0 aliphatic heterocycles. The predicted molar refractivity (Wildman–Crippen MR) is 76.0 cm³/mol. The second-order valence-electron chi connectivity index (χ2n) is 4.52. The van der Waals surface area contributed by atoms with Crippen molar-refractivity contribution in [2.75, 3.05) is 27.2 Å². The molecule has 0 aliphatic rings. The normalized spacial score (nSPS) is 10.9. The molecule has 0 amide bonds. The van der Waals surface area contributed by atoms with E-state index in [2.05, 4.69) is 22.1 Å². The average molecular weight is 260 g/mol. The zero-order chi connectivity index (χ0) is 13.7. The van der Waals surface area contributed by atoms with Crippen LogP contribution >= 0.6 is 0 Å². The first-order valence-electron chi connectivity index (χ1n) is 6.30. The number of likely N-dealkylation sites (N-methyl/N-ethyl adjacent to an activating group) is 1. The van der Waals surface area contributed by atoms with Gasteiger partial charge in [0.1, 0.15) is 5.75 Å².